The Hall–Kier alpha value is -2.11. The highest BCUT2D eigenvalue weighted by atomic mass is 19.1. The highest BCUT2D eigenvalue weighted by Gasteiger charge is 2.24. The highest BCUT2D eigenvalue weighted by Crippen LogP contribution is 2.14. The summed E-state index contributed by atoms with van der Waals surface area (Å²) in [6.45, 7) is 7.05. The Labute approximate surface area is 149 Å². The van der Waals surface area contributed by atoms with E-state index in [1.54, 1.807) is 23.1 Å². The number of urea groups is 1. The summed E-state index contributed by atoms with van der Waals surface area (Å²) in [5.41, 5.74) is 0.305. The predicted octanol–water partition coefficient (Wildman–Crippen LogP) is 2.85. The summed E-state index contributed by atoms with van der Waals surface area (Å²) in [6.07, 6.45) is 2.20. The van der Waals surface area contributed by atoms with Gasteiger partial charge in [0.2, 0.25) is 5.91 Å². The van der Waals surface area contributed by atoms with Gasteiger partial charge in [-0.05, 0) is 51.7 Å². The molecule has 1 aromatic rings. The van der Waals surface area contributed by atoms with Crippen molar-refractivity contribution in [3.05, 3.63) is 35.6 Å². The number of carbonyl (C=O) groups excluding carboxylic acids is 2. The molecule has 25 heavy (non-hydrogen) atoms. The van der Waals surface area contributed by atoms with Crippen LogP contribution in [0.2, 0.25) is 0 Å². The van der Waals surface area contributed by atoms with Gasteiger partial charge < -0.3 is 15.5 Å². The summed E-state index contributed by atoms with van der Waals surface area (Å²) in [6, 6.07) is 6.47. The number of nitrogens with zero attached hydrogens (tertiary/aromatic N) is 1. The maximum absolute atomic E-state index is 13.6. The molecule has 0 atom stereocenters. The number of amides is 3. The Morgan fingerprint density at radius 3 is 2.44 bits per heavy atom. The minimum Gasteiger partial charge on any atom is -0.343 e. The van der Waals surface area contributed by atoms with Crippen molar-refractivity contribution in [3.8, 4) is 0 Å². The molecule has 0 unspecified atom stereocenters. The van der Waals surface area contributed by atoms with Crippen molar-refractivity contribution in [2.24, 2.45) is 0 Å². The number of hydrogen-bond donors (Lipinski definition) is 2. The molecule has 6 heteroatoms. The molecule has 1 aromatic carbocycles. The molecule has 0 saturated carbocycles. The predicted molar refractivity (Wildman–Crippen MR) is 95.7 cm³/mol. The molecule has 0 bridgehead atoms. The summed E-state index contributed by atoms with van der Waals surface area (Å²) in [7, 11) is 0. The molecule has 138 valence electrons. The Morgan fingerprint density at radius 1 is 1.20 bits per heavy atom. The molecule has 0 radical (unpaired) electrons. The van der Waals surface area contributed by atoms with Crippen LogP contribution in [0.1, 0.15) is 45.6 Å². The molecule has 5 nitrogen and oxygen atoms in total. The lowest BCUT2D eigenvalue weighted by molar-refractivity contribution is -0.132. The number of aryl methyl sites for hydroxylation is 1. The molecule has 1 heterocycles. The van der Waals surface area contributed by atoms with Gasteiger partial charge in [-0.15, -0.1) is 0 Å². The van der Waals surface area contributed by atoms with Crippen LogP contribution >= 0.6 is 0 Å². The smallest absolute Gasteiger partial charge is 0.315 e. The largest absolute Gasteiger partial charge is 0.343 e. The molecular weight excluding hydrogens is 321 g/mol. The molecule has 2 rings (SSSR count). The molecule has 2 N–H and O–H groups in total. The Morgan fingerprint density at radius 2 is 1.84 bits per heavy atom. The van der Waals surface area contributed by atoms with Crippen molar-refractivity contribution >= 4 is 11.9 Å². The lowest BCUT2D eigenvalue weighted by Crippen LogP contribution is -2.52. The van der Waals surface area contributed by atoms with Gasteiger partial charge in [0, 0.05) is 31.1 Å². The second-order valence-electron chi connectivity index (χ2n) is 7.59. The molecule has 1 fully saturated rings. The summed E-state index contributed by atoms with van der Waals surface area (Å²) in [5, 5.41) is 5.84. The van der Waals surface area contributed by atoms with Crippen molar-refractivity contribution < 1.29 is 14.0 Å². The number of benzene rings is 1. The zero-order valence-electron chi connectivity index (χ0n) is 15.3. The third-order valence-electron chi connectivity index (χ3n) is 4.24. The minimum absolute atomic E-state index is 0.0425. The molecule has 1 aliphatic heterocycles. The third kappa shape index (κ3) is 6.36. The van der Waals surface area contributed by atoms with Gasteiger partial charge in [0.1, 0.15) is 5.82 Å². The number of likely N-dealkylation sites (tertiary alicyclic amines) is 1. The fourth-order valence-corrected chi connectivity index (χ4v) is 2.94. The molecular formula is C19H28FN3O2. The normalized spacial score (nSPS) is 15.8. The first-order chi connectivity index (χ1) is 11.7. The van der Waals surface area contributed by atoms with Crippen LogP contribution in [0.3, 0.4) is 0 Å². The topological polar surface area (TPSA) is 61.4 Å². The number of rotatable bonds is 4. The highest BCUT2D eigenvalue weighted by molar-refractivity contribution is 5.77. The molecule has 0 aliphatic carbocycles. The van der Waals surface area contributed by atoms with E-state index < -0.39 is 0 Å². The van der Waals surface area contributed by atoms with E-state index in [1.165, 1.54) is 6.07 Å². The summed E-state index contributed by atoms with van der Waals surface area (Å²) in [5.74, 6) is -0.219. The van der Waals surface area contributed by atoms with E-state index in [1.807, 2.05) is 20.8 Å². The van der Waals surface area contributed by atoms with Crippen LogP contribution in [0.5, 0.6) is 0 Å². The Kier molecular flexibility index (Phi) is 6.39. The van der Waals surface area contributed by atoms with Crippen molar-refractivity contribution in [1.29, 1.82) is 0 Å². The molecule has 1 aliphatic rings. The van der Waals surface area contributed by atoms with Crippen LogP contribution in [-0.2, 0) is 11.2 Å². The first-order valence-corrected chi connectivity index (χ1v) is 8.84. The lowest BCUT2D eigenvalue weighted by Gasteiger charge is -2.33. The van der Waals surface area contributed by atoms with E-state index in [-0.39, 0.29) is 29.3 Å². The standard InChI is InChI=1S/C19H28FN3O2/c1-19(2,3)22-18(25)21-15-10-12-23(13-11-15)17(24)9-8-14-6-4-5-7-16(14)20/h4-7,15H,8-13H2,1-3H3,(H2,21,22,25). The van der Waals surface area contributed by atoms with E-state index >= 15 is 0 Å². The summed E-state index contributed by atoms with van der Waals surface area (Å²) in [4.78, 5) is 26.0. The van der Waals surface area contributed by atoms with Crippen molar-refractivity contribution in [3.63, 3.8) is 0 Å². The van der Waals surface area contributed by atoms with E-state index in [0.29, 0.717) is 31.5 Å². The number of piperidine rings is 1. The SMILES string of the molecule is CC(C)(C)NC(=O)NC1CCN(C(=O)CCc2ccccc2F)CC1. The molecule has 3 amide bonds. The van der Waals surface area contributed by atoms with Crippen molar-refractivity contribution in [2.75, 3.05) is 13.1 Å². The van der Waals surface area contributed by atoms with Gasteiger partial charge in [0.05, 0.1) is 0 Å². The third-order valence-corrected chi connectivity index (χ3v) is 4.24. The molecule has 0 aromatic heterocycles. The van der Waals surface area contributed by atoms with Gasteiger partial charge in [-0.2, -0.15) is 0 Å². The zero-order valence-corrected chi connectivity index (χ0v) is 15.3. The lowest BCUT2D eigenvalue weighted by atomic mass is 10.0. The maximum Gasteiger partial charge on any atom is 0.315 e. The maximum atomic E-state index is 13.6. The fourth-order valence-electron chi connectivity index (χ4n) is 2.94. The van der Waals surface area contributed by atoms with Gasteiger partial charge in [0.15, 0.2) is 0 Å². The minimum atomic E-state index is -0.270. The monoisotopic (exact) mass is 349 g/mol. The van der Waals surface area contributed by atoms with Crippen LogP contribution in [0, 0.1) is 5.82 Å². The first kappa shape index (κ1) is 19.2. The second-order valence-corrected chi connectivity index (χ2v) is 7.59. The van der Waals surface area contributed by atoms with E-state index in [0.717, 1.165) is 12.8 Å². The average Bonchev–Trinajstić information content (AvgIpc) is 2.52. The van der Waals surface area contributed by atoms with Crippen molar-refractivity contribution in [1.82, 2.24) is 15.5 Å². The Balaban J connectivity index is 1.73. The van der Waals surface area contributed by atoms with Gasteiger partial charge in [-0.25, -0.2) is 9.18 Å². The summed E-state index contributed by atoms with van der Waals surface area (Å²) < 4.78 is 13.6. The van der Waals surface area contributed by atoms with Crippen LogP contribution in [0.15, 0.2) is 24.3 Å². The molecule has 0 spiro atoms. The van der Waals surface area contributed by atoms with Crippen LogP contribution in [0.4, 0.5) is 9.18 Å². The fraction of sp³-hybridized carbons (Fsp3) is 0.579. The Bertz CT molecular complexity index is 605. The van der Waals surface area contributed by atoms with Gasteiger partial charge >= 0.3 is 6.03 Å². The van der Waals surface area contributed by atoms with E-state index in [2.05, 4.69) is 10.6 Å². The number of hydrogen-bond acceptors (Lipinski definition) is 2. The van der Waals surface area contributed by atoms with E-state index in [9.17, 15) is 14.0 Å². The van der Waals surface area contributed by atoms with Crippen molar-refractivity contribution in [2.45, 2.75) is 58.0 Å². The van der Waals surface area contributed by atoms with Crippen LogP contribution in [0.25, 0.3) is 0 Å². The van der Waals surface area contributed by atoms with Gasteiger partial charge in [0.25, 0.3) is 0 Å². The van der Waals surface area contributed by atoms with Gasteiger partial charge in [-0.3, -0.25) is 4.79 Å². The number of nitrogens with one attached hydrogen (secondary N) is 2. The van der Waals surface area contributed by atoms with Crippen LogP contribution in [-0.4, -0.2) is 41.5 Å². The second kappa shape index (κ2) is 8.32. The quantitative estimate of drug-likeness (QED) is 0.878. The number of carbonyl (C=O) groups is 2. The average molecular weight is 349 g/mol. The summed E-state index contributed by atoms with van der Waals surface area (Å²) >= 11 is 0. The first-order valence-electron chi connectivity index (χ1n) is 8.84. The number of halogens is 1. The zero-order chi connectivity index (χ0) is 18.4. The van der Waals surface area contributed by atoms with E-state index in [4.69, 9.17) is 0 Å². The molecule has 1 saturated heterocycles. The van der Waals surface area contributed by atoms with Crippen LogP contribution < -0.4 is 10.6 Å². The van der Waals surface area contributed by atoms with Gasteiger partial charge in [-0.1, -0.05) is 18.2 Å².